The third kappa shape index (κ3) is 5.13. The van der Waals surface area contributed by atoms with Crippen molar-refractivity contribution < 1.29 is 0 Å². The number of aromatic nitrogens is 1. The van der Waals surface area contributed by atoms with Crippen molar-refractivity contribution in [1.29, 1.82) is 0 Å². The number of nitrogens with one attached hydrogen (secondary N) is 1. The maximum absolute atomic E-state index is 4.57. The summed E-state index contributed by atoms with van der Waals surface area (Å²) in [6.45, 7) is 9.91. The molecule has 1 aromatic heterocycles. The summed E-state index contributed by atoms with van der Waals surface area (Å²) in [6.07, 6.45) is 7.79. The fourth-order valence-corrected chi connectivity index (χ4v) is 2.17. The van der Waals surface area contributed by atoms with Gasteiger partial charge in [-0.3, -0.25) is 9.88 Å². The fourth-order valence-electron chi connectivity index (χ4n) is 2.17. The Kier molecular flexibility index (Phi) is 5.55. The van der Waals surface area contributed by atoms with E-state index in [1.165, 1.54) is 18.4 Å². The lowest BCUT2D eigenvalue weighted by Crippen LogP contribution is -2.24. The van der Waals surface area contributed by atoms with Gasteiger partial charge in [-0.15, -0.1) is 6.58 Å². The predicted molar refractivity (Wildman–Crippen MR) is 79.9 cm³/mol. The maximum atomic E-state index is 4.57. The van der Waals surface area contributed by atoms with E-state index in [1.54, 1.807) is 0 Å². The third-order valence-corrected chi connectivity index (χ3v) is 3.37. The van der Waals surface area contributed by atoms with E-state index >= 15 is 0 Å². The van der Waals surface area contributed by atoms with E-state index in [4.69, 9.17) is 0 Å². The summed E-state index contributed by atoms with van der Waals surface area (Å²) >= 11 is 0. The van der Waals surface area contributed by atoms with Crippen molar-refractivity contribution in [2.45, 2.75) is 45.3 Å². The summed E-state index contributed by atoms with van der Waals surface area (Å²) in [5.41, 5.74) is 2.42. The summed E-state index contributed by atoms with van der Waals surface area (Å²) in [5.74, 6) is 0. The van der Waals surface area contributed by atoms with Gasteiger partial charge < -0.3 is 5.32 Å². The third-order valence-electron chi connectivity index (χ3n) is 3.37. The van der Waals surface area contributed by atoms with Gasteiger partial charge in [0.05, 0.1) is 5.69 Å². The Labute approximate surface area is 116 Å². The standard InChI is InChI=1S/C16H25N3/c1-3-9-19(10-4-2)13-16-6-5-14(12-18-16)11-17-15-7-8-15/h3,5-6,12,15,17H,1,4,7-11,13H2,2H3. The molecule has 1 heterocycles. The second kappa shape index (κ2) is 7.41. The molecule has 3 heteroatoms. The second-order valence-electron chi connectivity index (χ2n) is 5.34. The van der Waals surface area contributed by atoms with Gasteiger partial charge in [-0.1, -0.05) is 19.1 Å². The van der Waals surface area contributed by atoms with Crippen molar-refractivity contribution in [3.63, 3.8) is 0 Å². The smallest absolute Gasteiger partial charge is 0.0544 e. The first kappa shape index (κ1) is 14.2. The number of hydrogen-bond donors (Lipinski definition) is 1. The lowest BCUT2D eigenvalue weighted by atomic mass is 10.2. The topological polar surface area (TPSA) is 28.2 Å². The molecular formula is C16H25N3. The van der Waals surface area contributed by atoms with Crippen molar-refractivity contribution in [1.82, 2.24) is 15.2 Å². The fraction of sp³-hybridized carbons (Fsp3) is 0.562. The number of hydrogen-bond acceptors (Lipinski definition) is 3. The quantitative estimate of drug-likeness (QED) is 0.691. The summed E-state index contributed by atoms with van der Waals surface area (Å²) in [4.78, 5) is 6.94. The Morgan fingerprint density at radius 1 is 1.47 bits per heavy atom. The van der Waals surface area contributed by atoms with Gasteiger partial charge in [-0.05, 0) is 37.4 Å². The second-order valence-corrected chi connectivity index (χ2v) is 5.34. The highest BCUT2D eigenvalue weighted by Gasteiger charge is 2.19. The number of nitrogens with zero attached hydrogens (tertiary/aromatic N) is 2. The molecule has 1 saturated carbocycles. The highest BCUT2D eigenvalue weighted by molar-refractivity contribution is 5.14. The van der Waals surface area contributed by atoms with Crippen molar-refractivity contribution in [3.05, 3.63) is 42.2 Å². The molecule has 1 aromatic rings. The van der Waals surface area contributed by atoms with E-state index in [9.17, 15) is 0 Å². The molecule has 0 bridgehead atoms. The lowest BCUT2D eigenvalue weighted by molar-refractivity contribution is 0.291. The van der Waals surface area contributed by atoms with Gasteiger partial charge in [0.1, 0.15) is 0 Å². The highest BCUT2D eigenvalue weighted by Crippen LogP contribution is 2.19. The van der Waals surface area contributed by atoms with Crippen LogP contribution in [0.1, 0.15) is 37.4 Å². The van der Waals surface area contributed by atoms with E-state index in [2.05, 4.69) is 40.8 Å². The molecule has 0 atom stereocenters. The van der Waals surface area contributed by atoms with Crippen LogP contribution in [0, 0.1) is 0 Å². The molecule has 19 heavy (non-hydrogen) atoms. The Hall–Kier alpha value is -1.19. The van der Waals surface area contributed by atoms with Crippen LogP contribution in [-0.4, -0.2) is 29.0 Å². The predicted octanol–water partition coefficient (Wildman–Crippen LogP) is 2.73. The van der Waals surface area contributed by atoms with Gasteiger partial charge in [-0.2, -0.15) is 0 Å². The molecule has 0 unspecified atom stereocenters. The molecule has 1 N–H and O–H groups in total. The molecule has 0 aliphatic heterocycles. The monoisotopic (exact) mass is 259 g/mol. The molecule has 3 nitrogen and oxygen atoms in total. The van der Waals surface area contributed by atoms with Gasteiger partial charge in [0.2, 0.25) is 0 Å². The van der Waals surface area contributed by atoms with Crippen LogP contribution in [0.2, 0.25) is 0 Å². The minimum absolute atomic E-state index is 0.757. The van der Waals surface area contributed by atoms with Crippen LogP contribution in [0.25, 0.3) is 0 Å². The zero-order valence-electron chi connectivity index (χ0n) is 11.9. The van der Waals surface area contributed by atoms with E-state index in [0.717, 1.165) is 44.3 Å². The SMILES string of the molecule is C=CCN(CCC)Cc1ccc(CNC2CC2)cn1. The van der Waals surface area contributed by atoms with Crippen LogP contribution in [0.5, 0.6) is 0 Å². The van der Waals surface area contributed by atoms with Crippen LogP contribution in [0.15, 0.2) is 31.0 Å². The molecule has 0 saturated heterocycles. The molecule has 104 valence electrons. The highest BCUT2D eigenvalue weighted by atomic mass is 15.1. The van der Waals surface area contributed by atoms with Crippen LogP contribution < -0.4 is 5.32 Å². The molecule has 1 aliphatic carbocycles. The Bertz CT molecular complexity index is 381. The van der Waals surface area contributed by atoms with E-state index in [1.807, 2.05) is 12.3 Å². The summed E-state index contributed by atoms with van der Waals surface area (Å²) < 4.78 is 0. The van der Waals surface area contributed by atoms with Gasteiger partial charge in [0.25, 0.3) is 0 Å². The first-order valence-corrected chi connectivity index (χ1v) is 7.32. The van der Waals surface area contributed by atoms with Crippen LogP contribution in [-0.2, 0) is 13.1 Å². The van der Waals surface area contributed by atoms with Gasteiger partial charge in [0, 0.05) is 31.9 Å². The summed E-state index contributed by atoms with van der Waals surface area (Å²) in [7, 11) is 0. The molecule has 1 fully saturated rings. The summed E-state index contributed by atoms with van der Waals surface area (Å²) in [5, 5.41) is 3.51. The van der Waals surface area contributed by atoms with E-state index in [-0.39, 0.29) is 0 Å². The van der Waals surface area contributed by atoms with Crippen LogP contribution >= 0.6 is 0 Å². The van der Waals surface area contributed by atoms with Gasteiger partial charge in [-0.25, -0.2) is 0 Å². The first-order chi connectivity index (χ1) is 9.31. The lowest BCUT2D eigenvalue weighted by Gasteiger charge is -2.19. The largest absolute Gasteiger partial charge is 0.310 e. The minimum atomic E-state index is 0.757. The van der Waals surface area contributed by atoms with Crippen molar-refractivity contribution in [2.24, 2.45) is 0 Å². The average molecular weight is 259 g/mol. The molecule has 1 aliphatic rings. The normalized spacial score (nSPS) is 14.8. The molecule has 0 spiro atoms. The maximum Gasteiger partial charge on any atom is 0.0544 e. The van der Waals surface area contributed by atoms with Crippen molar-refractivity contribution >= 4 is 0 Å². The molecule has 0 radical (unpaired) electrons. The molecule has 0 amide bonds. The summed E-state index contributed by atoms with van der Waals surface area (Å²) in [6, 6.07) is 5.10. The Balaban J connectivity index is 1.83. The Morgan fingerprint density at radius 2 is 2.32 bits per heavy atom. The van der Waals surface area contributed by atoms with Crippen molar-refractivity contribution in [3.8, 4) is 0 Å². The number of rotatable bonds is 9. The Morgan fingerprint density at radius 3 is 2.89 bits per heavy atom. The minimum Gasteiger partial charge on any atom is -0.310 e. The average Bonchev–Trinajstić information content (AvgIpc) is 3.23. The molecular weight excluding hydrogens is 234 g/mol. The molecule has 2 rings (SSSR count). The molecule has 0 aromatic carbocycles. The zero-order valence-corrected chi connectivity index (χ0v) is 11.9. The van der Waals surface area contributed by atoms with Crippen LogP contribution in [0.3, 0.4) is 0 Å². The van der Waals surface area contributed by atoms with E-state index < -0.39 is 0 Å². The van der Waals surface area contributed by atoms with Crippen LogP contribution in [0.4, 0.5) is 0 Å². The first-order valence-electron chi connectivity index (χ1n) is 7.32. The number of pyridine rings is 1. The van der Waals surface area contributed by atoms with Gasteiger partial charge >= 0.3 is 0 Å². The van der Waals surface area contributed by atoms with Crippen molar-refractivity contribution in [2.75, 3.05) is 13.1 Å². The van der Waals surface area contributed by atoms with Gasteiger partial charge in [0.15, 0.2) is 0 Å². The van der Waals surface area contributed by atoms with E-state index in [0.29, 0.717) is 0 Å². The zero-order chi connectivity index (χ0) is 13.5.